The molecule has 0 bridgehead atoms. The average Bonchev–Trinajstić information content (AvgIpc) is 2.50. The van der Waals surface area contributed by atoms with Gasteiger partial charge in [0, 0.05) is 26.2 Å². The predicted molar refractivity (Wildman–Crippen MR) is 84.0 cm³/mol. The smallest absolute Gasteiger partial charge is 0.228 e. The molecular formula is C17H26N2O2. The van der Waals surface area contributed by atoms with Gasteiger partial charge in [-0.1, -0.05) is 38.1 Å². The number of rotatable bonds is 6. The van der Waals surface area contributed by atoms with Gasteiger partial charge in [0.05, 0.1) is 5.92 Å². The van der Waals surface area contributed by atoms with Crippen LogP contribution in [0.5, 0.6) is 0 Å². The summed E-state index contributed by atoms with van der Waals surface area (Å²) in [7, 11) is 0. The second kappa shape index (κ2) is 7.05. The first-order valence-corrected chi connectivity index (χ1v) is 7.70. The Kier molecular flexibility index (Phi) is 5.37. The van der Waals surface area contributed by atoms with Gasteiger partial charge in [-0.15, -0.1) is 0 Å². The fourth-order valence-electron chi connectivity index (χ4n) is 2.83. The molecule has 116 valence electrons. The lowest BCUT2D eigenvalue weighted by molar-refractivity contribution is -0.123. The Hall–Kier alpha value is -1.39. The maximum absolute atomic E-state index is 12.5. The van der Waals surface area contributed by atoms with E-state index < -0.39 is 0 Å². The van der Waals surface area contributed by atoms with Gasteiger partial charge >= 0.3 is 0 Å². The molecule has 1 aliphatic rings. The second-order valence-corrected chi connectivity index (χ2v) is 6.59. The van der Waals surface area contributed by atoms with Crippen LogP contribution in [0.15, 0.2) is 24.3 Å². The van der Waals surface area contributed by atoms with Crippen molar-refractivity contribution in [1.82, 2.24) is 10.6 Å². The lowest BCUT2D eigenvalue weighted by Gasteiger charge is -2.29. The first kappa shape index (κ1) is 16.0. The third-order valence-corrected chi connectivity index (χ3v) is 4.16. The highest BCUT2D eigenvalue weighted by atomic mass is 16.2. The molecule has 1 aromatic rings. The summed E-state index contributed by atoms with van der Waals surface area (Å²) in [6.07, 6.45) is 1.68. The van der Waals surface area contributed by atoms with Crippen LogP contribution in [0.2, 0.25) is 0 Å². The van der Waals surface area contributed by atoms with Crippen LogP contribution in [-0.2, 0) is 11.3 Å². The molecule has 0 fully saturated rings. The number of aliphatic hydroxyl groups is 1. The molecule has 1 aromatic carbocycles. The molecular weight excluding hydrogens is 264 g/mol. The first-order chi connectivity index (χ1) is 10.0. The molecule has 0 saturated heterocycles. The molecule has 21 heavy (non-hydrogen) atoms. The highest BCUT2D eigenvalue weighted by Crippen LogP contribution is 2.25. The lowest BCUT2D eigenvalue weighted by atomic mass is 9.86. The fraction of sp³-hybridized carbons (Fsp3) is 0.588. The minimum absolute atomic E-state index is 0.0139. The van der Waals surface area contributed by atoms with Gasteiger partial charge < -0.3 is 15.7 Å². The van der Waals surface area contributed by atoms with Crippen molar-refractivity contribution in [1.29, 1.82) is 0 Å². The third kappa shape index (κ3) is 4.29. The van der Waals surface area contributed by atoms with Crippen LogP contribution in [0.3, 0.4) is 0 Å². The molecule has 1 heterocycles. The standard InChI is InChI=1S/C17H26N2O2/c1-17(2,8-5-9-20)12-19-16(21)15-11-18-10-13-6-3-4-7-14(13)15/h3-4,6-7,15,18,20H,5,8-12H2,1-2H3,(H,19,21). The van der Waals surface area contributed by atoms with Crippen molar-refractivity contribution in [2.75, 3.05) is 19.7 Å². The first-order valence-electron chi connectivity index (χ1n) is 7.70. The highest BCUT2D eigenvalue weighted by molar-refractivity contribution is 5.84. The summed E-state index contributed by atoms with van der Waals surface area (Å²) < 4.78 is 0. The summed E-state index contributed by atoms with van der Waals surface area (Å²) in [6.45, 7) is 6.62. The van der Waals surface area contributed by atoms with E-state index in [1.807, 2.05) is 12.1 Å². The van der Waals surface area contributed by atoms with Crippen LogP contribution >= 0.6 is 0 Å². The van der Waals surface area contributed by atoms with Gasteiger partial charge in [-0.3, -0.25) is 4.79 Å². The van der Waals surface area contributed by atoms with Gasteiger partial charge in [-0.2, -0.15) is 0 Å². The Labute approximate surface area is 126 Å². The van der Waals surface area contributed by atoms with Crippen LogP contribution in [-0.4, -0.2) is 30.7 Å². The summed E-state index contributed by atoms with van der Waals surface area (Å²) in [6, 6.07) is 8.14. The summed E-state index contributed by atoms with van der Waals surface area (Å²) in [5.41, 5.74) is 2.37. The molecule has 0 aromatic heterocycles. The van der Waals surface area contributed by atoms with Gasteiger partial charge in [-0.05, 0) is 29.4 Å². The van der Waals surface area contributed by atoms with Gasteiger partial charge in [0.25, 0.3) is 0 Å². The van der Waals surface area contributed by atoms with Crippen LogP contribution in [0.4, 0.5) is 0 Å². The molecule has 1 aliphatic heterocycles. The molecule has 1 atom stereocenters. The summed E-state index contributed by atoms with van der Waals surface area (Å²) >= 11 is 0. The van der Waals surface area contributed by atoms with E-state index in [2.05, 4.69) is 36.6 Å². The lowest BCUT2D eigenvalue weighted by Crippen LogP contribution is -2.42. The molecule has 0 spiro atoms. The molecule has 1 unspecified atom stereocenters. The summed E-state index contributed by atoms with van der Waals surface area (Å²) in [4.78, 5) is 12.5. The van der Waals surface area contributed by atoms with Gasteiger partial charge in [0.2, 0.25) is 5.91 Å². The molecule has 4 nitrogen and oxygen atoms in total. The Morgan fingerprint density at radius 1 is 1.43 bits per heavy atom. The van der Waals surface area contributed by atoms with Crippen LogP contribution in [0.25, 0.3) is 0 Å². The van der Waals surface area contributed by atoms with E-state index in [1.54, 1.807) is 0 Å². The van der Waals surface area contributed by atoms with Crippen LogP contribution in [0, 0.1) is 5.41 Å². The van der Waals surface area contributed by atoms with Crippen LogP contribution < -0.4 is 10.6 Å². The molecule has 0 aliphatic carbocycles. The maximum atomic E-state index is 12.5. The number of hydrogen-bond donors (Lipinski definition) is 3. The number of amides is 1. The van der Waals surface area contributed by atoms with E-state index >= 15 is 0 Å². The number of benzene rings is 1. The number of hydrogen-bond acceptors (Lipinski definition) is 3. The predicted octanol–water partition coefficient (Wildman–Crippen LogP) is 1.79. The van der Waals surface area contributed by atoms with Gasteiger partial charge in [-0.25, -0.2) is 0 Å². The Morgan fingerprint density at radius 3 is 2.95 bits per heavy atom. The van der Waals surface area contributed by atoms with Crippen molar-refractivity contribution in [2.24, 2.45) is 5.41 Å². The largest absolute Gasteiger partial charge is 0.396 e. The van der Waals surface area contributed by atoms with E-state index in [0.717, 1.165) is 24.9 Å². The number of fused-ring (bicyclic) bond motifs is 1. The number of carbonyl (C=O) groups is 1. The van der Waals surface area contributed by atoms with Gasteiger partial charge in [0.15, 0.2) is 0 Å². The van der Waals surface area contributed by atoms with Crippen molar-refractivity contribution >= 4 is 5.91 Å². The third-order valence-electron chi connectivity index (χ3n) is 4.16. The zero-order valence-electron chi connectivity index (χ0n) is 13.0. The summed E-state index contributed by atoms with van der Waals surface area (Å²) in [5.74, 6) is -0.0182. The monoisotopic (exact) mass is 290 g/mol. The van der Waals surface area contributed by atoms with Crippen molar-refractivity contribution < 1.29 is 9.90 Å². The molecule has 0 radical (unpaired) electrons. The minimum atomic E-state index is -0.108. The maximum Gasteiger partial charge on any atom is 0.228 e. The molecule has 0 saturated carbocycles. The van der Waals surface area contributed by atoms with Crippen molar-refractivity contribution in [3.05, 3.63) is 35.4 Å². The zero-order chi connectivity index (χ0) is 15.3. The quantitative estimate of drug-likeness (QED) is 0.748. The molecule has 2 rings (SSSR count). The van der Waals surface area contributed by atoms with Crippen molar-refractivity contribution in [3.63, 3.8) is 0 Å². The second-order valence-electron chi connectivity index (χ2n) is 6.59. The Bertz CT molecular complexity index is 485. The zero-order valence-corrected chi connectivity index (χ0v) is 13.0. The van der Waals surface area contributed by atoms with E-state index in [9.17, 15) is 4.79 Å². The van der Waals surface area contributed by atoms with Gasteiger partial charge in [0.1, 0.15) is 0 Å². The molecule has 3 N–H and O–H groups in total. The minimum Gasteiger partial charge on any atom is -0.396 e. The summed E-state index contributed by atoms with van der Waals surface area (Å²) in [5, 5.41) is 15.3. The molecule has 4 heteroatoms. The normalized spacial score (nSPS) is 18.1. The molecule has 1 amide bonds. The van der Waals surface area contributed by atoms with E-state index in [4.69, 9.17) is 5.11 Å². The average molecular weight is 290 g/mol. The Balaban J connectivity index is 1.96. The van der Waals surface area contributed by atoms with Crippen LogP contribution in [0.1, 0.15) is 43.7 Å². The Morgan fingerprint density at radius 2 is 2.19 bits per heavy atom. The van der Waals surface area contributed by atoms with E-state index in [1.165, 1.54) is 5.56 Å². The van der Waals surface area contributed by atoms with Crippen molar-refractivity contribution in [3.8, 4) is 0 Å². The van der Waals surface area contributed by atoms with E-state index in [-0.39, 0.29) is 23.8 Å². The van der Waals surface area contributed by atoms with E-state index in [0.29, 0.717) is 13.1 Å². The topological polar surface area (TPSA) is 61.4 Å². The number of carbonyl (C=O) groups excluding carboxylic acids is 1. The number of nitrogens with one attached hydrogen (secondary N) is 2. The highest BCUT2D eigenvalue weighted by Gasteiger charge is 2.27. The van der Waals surface area contributed by atoms with Crippen molar-refractivity contribution in [2.45, 2.75) is 39.2 Å². The SMILES string of the molecule is CC(C)(CCCO)CNC(=O)C1CNCc2ccccc21. The number of aliphatic hydroxyl groups excluding tert-OH is 1. The fourth-order valence-corrected chi connectivity index (χ4v) is 2.83.